The lowest BCUT2D eigenvalue weighted by atomic mass is 10.2. The van der Waals surface area contributed by atoms with Crippen LogP contribution in [0.1, 0.15) is 0 Å². The second-order valence-corrected chi connectivity index (χ2v) is 3.36. The molecule has 1 aliphatic rings. The minimum absolute atomic E-state index is 0.396. The fourth-order valence-corrected chi connectivity index (χ4v) is 1.65. The Hall–Kier alpha value is -1.06. The van der Waals surface area contributed by atoms with Crippen molar-refractivity contribution < 1.29 is 5.06 Å². The second kappa shape index (κ2) is 3.77. The smallest absolute Gasteiger partial charge is 0.0946 e. The molecule has 0 unspecified atom stereocenters. The third-order valence-electron chi connectivity index (χ3n) is 2.44. The molecule has 3 heteroatoms. The van der Waals surface area contributed by atoms with Crippen molar-refractivity contribution in [2.24, 2.45) is 0 Å². The van der Waals surface area contributed by atoms with Crippen molar-refractivity contribution in [1.29, 1.82) is 0 Å². The van der Waals surface area contributed by atoms with Gasteiger partial charge in [-0.05, 0) is 12.1 Å². The topological polar surface area (TPSA) is 30.7 Å². The zero-order valence-corrected chi connectivity index (χ0v) is 7.57. The summed E-state index contributed by atoms with van der Waals surface area (Å²) < 4.78 is 0. The molecule has 0 spiro atoms. The average molecular weight is 178 g/mol. The van der Waals surface area contributed by atoms with Crippen LogP contribution in [0.25, 0.3) is 0 Å². The van der Waals surface area contributed by atoms with Crippen molar-refractivity contribution in [3.63, 3.8) is 0 Å². The molecule has 0 amide bonds. The first-order chi connectivity index (χ1) is 6.36. The average Bonchev–Trinajstić information content (AvgIpc) is 2.20. The number of nitrogens with zero attached hydrogens (tertiary/aromatic N) is 1. The van der Waals surface area contributed by atoms with E-state index in [9.17, 15) is 5.21 Å². The first-order valence-corrected chi connectivity index (χ1v) is 4.68. The van der Waals surface area contributed by atoms with Crippen LogP contribution in [-0.2, 0) is 0 Å². The molecule has 0 bridgehead atoms. The van der Waals surface area contributed by atoms with E-state index < -0.39 is 0 Å². The van der Waals surface area contributed by atoms with Crippen LogP contribution in [0.15, 0.2) is 30.3 Å². The summed E-state index contributed by atoms with van der Waals surface area (Å²) in [7, 11) is 0. The molecular weight excluding hydrogens is 164 g/mol. The molecule has 13 heavy (non-hydrogen) atoms. The Labute approximate surface area is 78.2 Å². The van der Waals surface area contributed by atoms with Gasteiger partial charge in [-0.3, -0.25) is 0 Å². The molecule has 3 nitrogen and oxygen atoms in total. The Balaban J connectivity index is 2.03. The maximum absolute atomic E-state index is 11.0. The van der Waals surface area contributed by atoms with Gasteiger partial charge >= 0.3 is 0 Å². The van der Waals surface area contributed by atoms with Gasteiger partial charge < -0.3 is 15.2 Å². The summed E-state index contributed by atoms with van der Waals surface area (Å²) in [6.45, 7) is 3.16. The first kappa shape index (κ1) is 8.53. The second-order valence-electron chi connectivity index (χ2n) is 3.36. The Kier molecular flexibility index (Phi) is 2.47. The van der Waals surface area contributed by atoms with E-state index >= 15 is 0 Å². The molecule has 0 aliphatic carbocycles. The van der Waals surface area contributed by atoms with Gasteiger partial charge in [-0.25, -0.2) is 0 Å². The van der Waals surface area contributed by atoms with Crippen molar-refractivity contribution >= 4 is 5.69 Å². The van der Waals surface area contributed by atoms with Crippen molar-refractivity contribution in [2.45, 2.75) is 0 Å². The molecule has 0 aromatic heterocycles. The van der Waals surface area contributed by atoms with E-state index in [2.05, 4.69) is 17.0 Å². The predicted octanol–water partition coefficient (Wildman–Crippen LogP) is -0.111. The maximum Gasteiger partial charge on any atom is 0.0946 e. The highest BCUT2D eigenvalue weighted by Gasteiger charge is 2.14. The monoisotopic (exact) mass is 178 g/mol. The molecule has 1 saturated heterocycles. The SMILES string of the molecule is [O-][NH+]1CCN(c2ccccc2)CC1. The number of para-hydroxylation sites is 1. The Morgan fingerprint density at radius 1 is 1.08 bits per heavy atom. The van der Waals surface area contributed by atoms with Crippen molar-refractivity contribution in [3.8, 4) is 0 Å². The fourth-order valence-electron chi connectivity index (χ4n) is 1.65. The summed E-state index contributed by atoms with van der Waals surface area (Å²) in [4.78, 5) is 2.27. The summed E-state index contributed by atoms with van der Waals surface area (Å²) in [5.41, 5.74) is 1.23. The van der Waals surface area contributed by atoms with Gasteiger partial charge in [0.2, 0.25) is 0 Å². The van der Waals surface area contributed by atoms with Gasteiger partial charge in [-0.1, -0.05) is 18.2 Å². The van der Waals surface area contributed by atoms with E-state index in [-0.39, 0.29) is 0 Å². The molecule has 1 aromatic carbocycles. The van der Waals surface area contributed by atoms with Gasteiger partial charge in [0, 0.05) is 5.69 Å². The molecular formula is C10H14N2O. The van der Waals surface area contributed by atoms with Gasteiger partial charge in [0.15, 0.2) is 0 Å². The van der Waals surface area contributed by atoms with Gasteiger partial charge in [-0.2, -0.15) is 0 Å². The molecule has 1 heterocycles. The molecule has 2 rings (SSSR count). The molecule has 1 aromatic rings. The Bertz CT molecular complexity index is 255. The zero-order chi connectivity index (χ0) is 9.10. The number of benzene rings is 1. The number of nitrogens with one attached hydrogen (secondary N) is 1. The third-order valence-corrected chi connectivity index (χ3v) is 2.44. The van der Waals surface area contributed by atoms with E-state index in [0.717, 1.165) is 13.1 Å². The third kappa shape index (κ3) is 1.99. The summed E-state index contributed by atoms with van der Waals surface area (Å²) in [6.07, 6.45) is 0. The molecule has 1 aliphatic heterocycles. The normalized spacial score (nSPS) is 19.0. The van der Waals surface area contributed by atoms with Crippen LogP contribution in [0, 0.1) is 5.21 Å². The highest BCUT2D eigenvalue weighted by Crippen LogP contribution is 2.12. The highest BCUT2D eigenvalue weighted by molar-refractivity contribution is 5.45. The highest BCUT2D eigenvalue weighted by atomic mass is 16.5. The number of hydrogen-bond acceptors (Lipinski definition) is 2. The number of anilines is 1. The summed E-state index contributed by atoms with van der Waals surface area (Å²) in [6, 6.07) is 10.3. The van der Waals surface area contributed by atoms with Crippen LogP contribution in [0.2, 0.25) is 0 Å². The molecule has 1 N–H and O–H groups in total. The van der Waals surface area contributed by atoms with Gasteiger partial charge in [0.1, 0.15) is 0 Å². The van der Waals surface area contributed by atoms with Crippen LogP contribution in [0.4, 0.5) is 5.69 Å². The van der Waals surface area contributed by atoms with E-state index in [1.807, 2.05) is 18.2 Å². The quantitative estimate of drug-likeness (QED) is 0.608. The van der Waals surface area contributed by atoms with Crippen LogP contribution in [0.5, 0.6) is 0 Å². The minimum atomic E-state index is 0.396. The lowest BCUT2D eigenvalue weighted by Crippen LogP contribution is -3.10. The molecule has 0 atom stereocenters. The van der Waals surface area contributed by atoms with E-state index in [4.69, 9.17) is 0 Å². The van der Waals surface area contributed by atoms with E-state index in [1.165, 1.54) is 5.69 Å². The maximum atomic E-state index is 11.0. The molecule has 1 fully saturated rings. The lowest BCUT2D eigenvalue weighted by molar-refractivity contribution is -0.848. The number of hydroxylamine groups is 2. The van der Waals surface area contributed by atoms with Crippen molar-refractivity contribution in [1.82, 2.24) is 0 Å². The number of hydrogen-bond donors (Lipinski definition) is 1. The standard InChI is InChI=1S/C10H14N2O/c13-12-8-6-11(7-9-12)10-4-2-1-3-5-10/h1-5,12H,6-9H2. The number of rotatable bonds is 1. The number of piperazine rings is 1. The molecule has 0 radical (unpaired) electrons. The Morgan fingerprint density at radius 3 is 2.31 bits per heavy atom. The zero-order valence-electron chi connectivity index (χ0n) is 7.57. The predicted molar refractivity (Wildman–Crippen MR) is 52.7 cm³/mol. The summed E-state index contributed by atoms with van der Waals surface area (Å²) >= 11 is 0. The summed E-state index contributed by atoms with van der Waals surface area (Å²) in [5.74, 6) is 0. The lowest BCUT2D eigenvalue weighted by Gasteiger charge is -2.35. The van der Waals surface area contributed by atoms with E-state index in [1.54, 1.807) is 0 Å². The van der Waals surface area contributed by atoms with Crippen LogP contribution in [-0.4, -0.2) is 26.2 Å². The van der Waals surface area contributed by atoms with E-state index in [0.29, 0.717) is 18.2 Å². The summed E-state index contributed by atoms with van der Waals surface area (Å²) in [5, 5.41) is 11.4. The van der Waals surface area contributed by atoms with Crippen LogP contribution in [0.3, 0.4) is 0 Å². The molecule has 70 valence electrons. The minimum Gasteiger partial charge on any atom is -0.634 e. The number of quaternary nitrogens is 1. The van der Waals surface area contributed by atoms with Crippen molar-refractivity contribution in [3.05, 3.63) is 35.5 Å². The fraction of sp³-hybridized carbons (Fsp3) is 0.400. The van der Waals surface area contributed by atoms with Gasteiger partial charge in [0.25, 0.3) is 0 Å². The van der Waals surface area contributed by atoms with Gasteiger partial charge in [-0.15, -0.1) is 0 Å². The largest absolute Gasteiger partial charge is 0.634 e. The van der Waals surface area contributed by atoms with Crippen molar-refractivity contribution in [2.75, 3.05) is 31.1 Å². The Morgan fingerprint density at radius 2 is 1.69 bits per heavy atom. The molecule has 0 saturated carbocycles. The van der Waals surface area contributed by atoms with Crippen LogP contribution >= 0.6 is 0 Å². The first-order valence-electron chi connectivity index (χ1n) is 4.68. The van der Waals surface area contributed by atoms with Gasteiger partial charge in [0.05, 0.1) is 26.2 Å². The van der Waals surface area contributed by atoms with Crippen LogP contribution < -0.4 is 9.96 Å².